The Morgan fingerprint density at radius 2 is 1.74 bits per heavy atom. The van der Waals surface area contributed by atoms with E-state index in [9.17, 15) is 10.1 Å². The fourth-order valence-corrected chi connectivity index (χ4v) is 2.43. The Kier molecular flexibility index (Phi) is 7.25. The molecular formula is C22H26N2O3. The number of alkyl carbamates (subject to hydrolysis) is 1. The minimum atomic E-state index is -0.554. The SMILES string of the molecule is CC(C)(C)OC(=O)NCC(C#N)Cc1ccc(OCc2ccccc2)cc1. The van der Waals surface area contributed by atoms with Crippen LogP contribution < -0.4 is 10.1 Å². The standard InChI is InChI=1S/C22H26N2O3/c1-22(2,3)27-21(25)24-15-19(14-23)13-17-9-11-20(12-10-17)26-16-18-7-5-4-6-8-18/h4-12,19H,13,15-16H2,1-3H3,(H,24,25). The van der Waals surface area contributed by atoms with E-state index in [0.29, 0.717) is 13.0 Å². The third-order valence-corrected chi connectivity index (χ3v) is 3.73. The number of nitrogens with one attached hydrogen (secondary N) is 1. The highest BCUT2D eigenvalue weighted by Crippen LogP contribution is 2.16. The summed E-state index contributed by atoms with van der Waals surface area (Å²) < 4.78 is 11.0. The molecule has 2 aromatic carbocycles. The molecule has 142 valence electrons. The molecule has 5 nitrogen and oxygen atoms in total. The Hall–Kier alpha value is -3.00. The number of hydrogen-bond donors (Lipinski definition) is 1. The number of rotatable bonds is 7. The molecule has 0 spiro atoms. The van der Waals surface area contributed by atoms with Crippen LogP contribution in [0.15, 0.2) is 54.6 Å². The summed E-state index contributed by atoms with van der Waals surface area (Å²) in [6.07, 6.45) is 0.0399. The normalized spacial score (nSPS) is 11.9. The first-order valence-corrected chi connectivity index (χ1v) is 8.98. The van der Waals surface area contributed by atoms with Gasteiger partial charge in [0, 0.05) is 6.54 Å². The summed E-state index contributed by atoms with van der Waals surface area (Å²) >= 11 is 0. The quantitative estimate of drug-likeness (QED) is 0.785. The van der Waals surface area contributed by atoms with E-state index >= 15 is 0 Å². The summed E-state index contributed by atoms with van der Waals surface area (Å²) in [5, 5.41) is 12.0. The van der Waals surface area contributed by atoms with E-state index in [1.54, 1.807) is 20.8 Å². The smallest absolute Gasteiger partial charge is 0.407 e. The summed E-state index contributed by atoms with van der Waals surface area (Å²) in [7, 11) is 0. The molecule has 0 aromatic heterocycles. The number of ether oxygens (including phenoxy) is 2. The maximum absolute atomic E-state index is 11.7. The van der Waals surface area contributed by atoms with Gasteiger partial charge in [-0.05, 0) is 50.5 Å². The number of carbonyl (C=O) groups is 1. The zero-order chi connectivity index (χ0) is 19.7. The van der Waals surface area contributed by atoms with Crippen molar-refractivity contribution >= 4 is 6.09 Å². The van der Waals surface area contributed by atoms with Crippen LogP contribution in [0.25, 0.3) is 0 Å². The maximum atomic E-state index is 11.7. The lowest BCUT2D eigenvalue weighted by molar-refractivity contribution is 0.0523. The van der Waals surface area contributed by atoms with Crippen molar-refractivity contribution in [2.45, 2.75) is 39.4 Å². The number of nitrogens with zero attached hydrogens (tertiary/aromatic N) is 1. The van der Waals surface area contributed by atoms with E-state index < -0.39 is 11.7 Å². The molecular weight excluding hydrogens is 340 g/mol. The second-order valence-electron chi connectivity index (χ2n) is 7.33. The predicted molar refractivity (Wildman–Crippen MR) is 104 cm³/mol. The molecule has 0 fully saturated rings. The van der Waals surface area contributed by atoms with Crippen molar-refractivity contribution in [1.29, 1.82) is 5.26 Å². The molecule has 27 heavy (non-hydrogen) atoms. The monoisotopic (exact) mass is 366 g/mol. The van der Waals surface area contributed by atoms with Crippen molar-refractivity contribution in [3.63, 3.8) is 0 Å². The van der Waals surface area contributed by atoms with E-state index in [0.717, 1.165) is 16.9 Å². The van der Waals surface area contributed by atoms with Crippen molar-refractivity contribution in [2.24, 2.45) is 5.92 Å². The van der Waals surface area contributed by atoms with E-state index in [1.165, 1.54) is 0 Å². The Balaban J connectivity index is 1.81. The largest absolute Gasteiger partial charge is 0.489 e. The Labute approximate surface area is 160 Å². The maximum Gasteiger partial charge on any atom is 0.407 e. The predicted octanol–water partition coefficient (Wildman–Crippen LogP) is 4.47. The summed E-state index contributed by atoms with van der Waals surface area (Å²) in [4.78, 5) is 11.7. The van der Waals surface area contributed by atoms with Crippen LogP contribution in [0.3, 0.4) is 0 Å². The topological polar surface area (TPSA) is 71.3 Å². The average Bonchev–Trinajstić information content (AvgIpc) is 2.64. The van der Waals surface area contributed by atoms with Crippen LogP contribution in [-0.4, -0.2) is 18.2 Å². The molecule has 0 heterocycles. The van der Waals surface area contributed by atoms with Gasteiger partial charge in [0.05, 0.1) is 12.0 Å². The number of nitriles is 1. The molecule has 5 heteroatoms. The van der Waals surface area contributed by atoms with Crippen LogP contribution >= 0.6 is 0 Å². The van der Waals surface area contributed by atoms with E-state index in [2.05, 4.69) is 11.4 Å². The zero-order valence-corrected chi connectivity index (χ0v) is 16.1. The molecule has 0 radical (unpaired) electrons. The van der Waals surface area contributed by atoms with Gasteiger partial charge in [0.2, 0.25) is 0 Å². The summed E-state index contributed by atoms with van der Waals surface area (Å²) in [5.41, 5.74) is 1.57. The van der Waals surface area contributed by atoms with Crippen LogP contribution in [0.1, 0.15) is 31.9 Å². The van der Waals surface area contributed by atoms with Gasteiger partial charge in [0.1, 0.15) is 18.0 Å². The molecule has 2 aromatic rings. The summed E-state index contributed by atoms with van der Waals surface area (Å²) in [6, 6.07) is 19.9. The van der Waals surface area contributed by atoms with Gasteiger partial charge in [-0.1, -0.05) is 42.5 Å². The third kappa shape index (κ3) is 7.83. The Morgan fingerprint density at radius 3 is 2.33 bits per heavy atom. The van der Waals surface area contributed by atoms with Gasteiger partial charge in [-0.25, -0.2) is 4.79 Å². The van der Waals surface area contributed by atoms with Crippen LogP contribution in [0.5, 0.6) is 5.75 Å². The van der Waals surface area contributed by atoms with Gasteiger partial charge in [0.15, 0.2) is 0 Å². The number of benzene rings is 2. The van der Waals surface area contributed by atoms with E-state index in [4.69, 9.17) is 9.47 Å². The van der Waals surface area contributed by atoms with E-state index in [-0.39, 0.29) is 12.5 Å². The minimum absolute atomic E-state index is 0.248. The molecule has 0 aliphatic heterocycles. The molecule has 0 aliphatic carbocycles. The Morgan fingerprint density at radius 1 is 1.07 bits per heavy atom. The number of hydrogen-bond acceptors (Lipinski definition) is 4. The molecule has 1 atom stereocenters. The minimum Gasteiger partial charge on any atom is -0.489 e. The molecule has 0 bridgehead atoms. The van der Waals surface area contributed by atoms with Crippen LogP contribution in [0, 0.1) is 17.2 Å². The second kappa shape index (κ2) is 9.63. The molecule has 0 saturated heterocycles. The molecule has 0 aliphatic rings. The fraction of sp³-hybridized carbons (Fsp3) is 0.364. The van der Waals surface area contributed by atoms with Crippen LogP contribution in [0.2, 0.25) is 0 Å². The molecule has 1 unspecified atom stereocenters. The summed E-state index contributed by atoms with van der Waals surface area (Å²) in [6.45, 7) is 6.17. The summed E-state index contributed by atoms with van der Waals surface area (Å²) in [5.74, 6) is 0.455. The first-order chi connectivity index (χ1) is 12.9. The first kappa shape index (κ1) is 20.3. The highest BCUT2D eigenvalue weighted by Gasteiger charge is 2.17. The van der Waals surface area contributed by atoms with E-state index in [1.807, 2.05) is 54.6 Å². The lowest BCUT2D eigenvalue weighted by Crippen LogP contribution is -2.35. The number of amides is 1. The van der Waals surface area contributed by atoms with Crippen LogP contribution in [0.4, 0.5) is 4.79 Å². The lowest BCUT2D eigenvalue weighted by Gasteiger charge is -2.20. The fourth-order valence-electron chi connectivity index (χ4n) is 2.43. The van der Waals surface area contributed by atoms with Crippen molar-refractivity contribution in [1.82, 2.24) is 5.32 Å². The highest BCUT2D eigenvalue weighted by molar-refractivity contribution is 5.67. The van der Waals surface area contributed by atoms with Gasteiger partial charge in [-0.2, -0.15) is 5.26 Å². The molecule has 2 rings (SSSR count). The average molecular weight is 366 g/mol. The molecule has 0 saturated carbocycles. The van der Waals surface area contributed by atoms with Gasteiger partial charge < -0.3 is 14.8 Å². The van der Waals surface area contributed by atoms with Gasteiger partial charge in [-0.15, -0.1) is 0 Å². The second-order valence-corrected chi connectivity index (χ2v) is 7.33. The van der Waals surface area contributed by atoms with Gasteiger partial charge in [0.25, 0.3) is 0 Å². The highest BCUT2D eigenvalue weighted by atomic mass is 16.6. The Bertz CT molecular complexity index is 759. The lowest BCUT2D eigenvalue weighted by atomic mass is 10.0. The number of carbonyl (C=O) groups excluding carboxylic acids is 1. The first-order valence-electron chi connectivity index (χ1n) is 8.98. The molecule has 1 amide bonds. The van der Waals surface area contributed by atoms with Crippen LogP contribution in [-0.2, 0) is 17.8 Å². The van der Waals surface area contributed by atoms with Crippen molar-refractivity contribution in [2.75, 3.05) is 6.54 Å². The van der Waals surface area contributed by atoms with Gasteiger partial charge in [-0.3, -0.25) is 0 Å². The molecule has 1 N–H and O–H groups in total. The zero-order valence-electron chi connectivity index (χ0n) is 16.1. The third-order valence-electron chi connectivity index (χ3n) is 3.73. The van der Waals surface area contributed by atoms with Gasteiger partial charge >= 0.3 is 6.09 Å². The van der Waals surface area contributed by atoms with Crippen molar-refractivity contribution in [3.8, 4) is 11.8 Å². The van der Waals surface area contributed by atoms with Crippen molar-refractivity contribution < 1.29 is 14.3 Å². The van der Waals surface area contributed by atoms with Crippen molar-refractivity contribution in [3.05, 3.63) is 65.7 Å².